The minimum atomic E-state index is -0.769. The first kappa shape index (κ1) is 12.6. The minimum absolute atomic E-state index is 0.0146. The highest BCUT2D eigenvalue weighted by Gasteiger charge is 2.24. The quantitative estimate of drug-likeness (QED) is 0.800. The third-order valence-corrected chi connectivity index (χ3v) is 3.08. The van der Waals surface area contributed by atoms with E-state index in [9.17, 15) is 13.6 Å². The summed E-state index contributed by atoms with van der Waals surface area (Å²) in [6.07, 6.45) is 0. The number of hydrogen-bond acceptors (Lipinski definition) is 2. The van der Waals surface area contributed by atoms with Crippen LogP contribution < -0.4 is 9.64 Å². The van der Waals surface area contributed by atoms with E-state index in [4.69, 9.17) is 4.74 Å². The standard InChI is InChI=1S/C15H11F2NO2/c16-11-7-10(8-12(17)9-11)15(19)18-5-6-20-14-4-2-1-3-13(14)18/h1-4,7-9H,5-6H2. The van der Waals surface area contributed by atoms with Gasteiger partial charge in [0.05, 0.1) is 12.2 Å². The van der Waals surface area contributed by atoms with Crippen LogP contribution in [-0.4, -0.2) is 19.1 Å². The second kappa shape index (κ2) is 4.92. The molecule has 20 heavy (non-hydrogen) atoms. The molecule has 0 spiro atoms. The van der Waals surface area contributed by atoms with Gasteiger partial charge >= 0.3 is 0 Å². The molecule has 0 saturated carbocycles. The van der Waals surface area contributed by atoms with Crippen molar-refractivity contribution in [2.75, 3.05) is 18.1 Å². The molecule has 5 heteroatoms. The maximum Gasteiger partial charge on any atom is 0.258 e. The van der Waals surface area contributed by atoms with Crippen LogP contribution in [0.4, 0.5) is 14.5 Å². The van der Waals surface area contributed by atoms with E-state index in [1.54, 1.807) is 24.3 Å². The van der Waals surface area contributed by atoms with Gasteiger partial charge in [0.2, 0.25) is 0 Å². The van der Waals surface area contributed by atoms with Crippen molar-refractivity contribution in [2.24, 2.45) is 0 Å². The van der Waals surface area contributed by atoms with Gasteiger partial charge in [0.25, 0.3) is 5.91 Å². The number of ether oxygens (including phenoxy) is 1. The molecule has 1 amide bonds. The first-order valence-corrected chi connectivity index (χ1v) is 6.15. The maximum absolute atomic E-state index is 13.2. The van der Waals surface area contributed by atoms with Crippen molar-refractivity contribution >= 4 is 11.6 Å². The largest absolute Gasteiger partial charge is 0.490 e. The van der Waals surface area contributed by atoms with Crippen molar-refractivity contribution in [2.45, 2.75) is 0 Å². The smallest absolute Gasteiger partial charge is 0.258 e. The molecule has 0 unspecified atom stereocenters. The maximum atomic E-state index is 13.2. The number of hydrogen-bond donors (Lipinski definition) is 0. The van der Waals surface area contributed by atoms with Gasteiger partial charge in [0.1, 0.15) is 24.0 Å². The predicted octanol–water partition coefficient (Wildman–Crippen LogP) is 3.00. The lowest BCUT2D eigenvalue weighted by Gasteiger charge is -2.29. The highest BCUT2D eigenvalue weighted by molar-refractivity contribution is 6.07. The molecule has 0 aromatic heterocycles. The van der Waals surface area contributed by atoms with Gasteiger partial charge in [0, 0.05) is 11.6 Å². The number of nitrogens with zero attached hydrogens (tertiary/aromatic N) is 1. The molecule has 102 valence electrons. The molecule has 1 aliphatic heterocycles. The van der Waals surface area contributed by atoms with Gasteiger partial charge in [-0.05, 0) is 24.3 Å². The second-order valence-electron chi connectivity index (χ2n) is 4.43. The van der Waals surface area contributed by atoms with Gasteiger partial charge in [-0.15, -0.1) is 0 Å². The molecule has 0 radical (unpaired) electrons. The molecule has 0 saturated heterocycles. The van der Waals surface area contributed by atoms with Crippen molar-refractivity contribution in [1.82, 2.24) is 0 Å². The zero-order chi connectivity index (χ0) is 14.1. The summed E-state index contributed by atoms with van der Waals surface area (Å²) >= 11 is 0. The molecule has 0 atom stereocenters. The number of anilines is 1. The highest BCUT2D eigenvalue weighted by atomic mass is 19.1. The number of benzene rings is 2. The summed E-state index contributed by atoms with van der Waals surface area (Å²) in [5.74, 6) is -1.40. The Labute approximate surface area is 114 Å². The van der Waals surface area contributed by atoms with Crippen LogP contribution >= 0.6 is 0 Å². The third kappa shape index (κ3) is 2.22. The van der Waals surface area contributed by atoms with Gasteiger partial charge in [0.15, 0.2) is 0 Å². The molecule has 3 nitrogen and oxygen atoms in total. The molecule has 1 heterocycles. The van der Waals surface area contributed by atoms with Crippen LogP contribution in [0.5, 0.6) is 5.75 Å². The number of amides is 1. The molecule has 3 rings (SSSR count). The zero-order valence-electron chi connectivity index (χ0n) is 10.5. The molecule has 0 aliphatic carbocycles. The Morgan fingerprint density at radius 1 is 1.10 bits per heavy atom. The number of halogens is 2. The fraction of sp³-hybridized carbons (Fsp3) is 0.133. The van der Waals surface area contributed by atoms with Gasteiger partial charge in [-0.25, -0.2) is 8.78 Å². The molecule has 0 N–H and O–H groups in total. The predicted molar refractivity (Wildman–Crippen MR) is 70.0 cm³/mol. The van der Waals surface area contributed by atoms with Gasteiger partial charge in [-0.1, -0.05) is 12.1 Å². The average Bonchev–Trinajstić information content (AvgIpc) is 2.45. The third-order valence-electron chi connectivity index (χ3n) is 3.08. The van der Waals surface area contributed by atoms with E-state index < -0.39 is 17.5 Å². The summed E-state index contributed by atoms with van der Waals surface area (Å²) in [7, 11) is 0. The number of fused-ring (bicyclic) bond motifs is 1. The lowest BCUT2D eigenvalue weighted by molar-refractivity contribution is 0.0975. The van der Waals surface area contributed by atoms with Crippen LogP contribution in [-0.2, 0) is 0 Å². The van der Waals surface area contributed by atoms with E-state index in [1.165, 1.54) is 4.90 Å². The Bertz CT molecular complexity index is 652. The van der Waals surface area contributed by atoms with Crippen molar-refractivity contribution in [3.63, 3.8) is 0 Å². The van der Waals surface area contributed by atoms with Crippen molar-refractivity contribution in [1.29, 1.82) is 0 Å². The Hall–Kier alpha value is -2.43. The van der Waals surface area contributed by atoms with E-state index in [0.29, 0.717) is 24.6 Å². The Morgan fingerprint density at radius 3 is 2.55 bits per heavy atom. The summed E-state index contributed by atoms with van der Waals surface area (Å²) in [5, 5.41) is 0. The molecular weight excluding hydrogens is 264 g/mol. The summed E-state index contributed by atoms with van der Waals surface area (Å²) < 4.78 is 31.9. The molecule has 2 aromatic carbocycles. The van der Waals surface area contributed by atoms with Gasteiger partial charge < -0.3 is 9.64 Å². The van der Waals surface area contributed by atoms with Crippen LogP contribution in [0.1, 0.15) is 10.4 Å². The summed E-state index contributed by atoms with van der Waals surface area (Å²) in [5.41, 5.74) is 0.590. The second-order valence-corrected chi connectivity index (χ2v) is 4.43. The van der Waals surface area contributed by atoms with Crippen molar-refractivity contribution in [3.8, 4) is 5.75 Å². The van der Waals surface area contributed by atoms with E-state index in [0.717, 1.165) is 18.2 Å². The first-order valence-electron chi connectivity index (χ1n) is 6.15. The normalized spacial score (nSPS) is 13.6. The Balaban J connectivity index is 1.99. The molecule has 2 aromatic rings. The number of carbonyl (C=O) groups is 1. The van der Waals surface area contributed by atoms with E-state index >= 15 is 0 Å². The van der Waals surface area contributed by atoms with Crippen LogP contribution in [0.15, 0.2) is 42.5 Å². The fourth-order valence-electron chi connectivity index (χ4n) is 2.21. The van der Waals surface area contributed by atoms with Crippen LogP contribution in [0.3, 0.4) is 0 Å². The van der Waals surface area contributed by atoms with Gasteiger partial charge in [-0.2, -0.15) is 0 Å². The molecule has 0 bridgehead atoms. The van der Waals surface area contributed by atoms with Crippen LogP contribution in [0, 0.1) is 11.6 Å². The van der Waals surface area contributed by atoms with E-state index in [1.807, 2.05) is 0 Å². The average molecular weight is 275 g/mol. The van der Waals surface area contributed by atoms with Crippen LogP contribution in [0.2, 0.25) is 0 Å². The molecule has 1 aliphatic rings. The Morgan fingerprint density at radius 2 is 1.80 bits per heavy atom. The van der Waals surface area contributed by atoms with E-state index in [2.05, 4.69) is 0 Å². The number of rotatable bonds is 1. The first-order chi connectivity index (χ1) is 9.65. The molecular formula is C15H11F2NO2. The summed E-state index contributed by atoms with van der Waals surface area (Å²) in [6, 6.07) is 9.87. The monoisotopic (exact) mass is 275 g/mol. The zero-order valence-corrected chi connectivity index (χ0v) is 10.5. The topological polar surface area (TPSA) is 29.5 Å². The minimum Gasteiger partial charge on any atom is -0.490 e. The SMILES string of the molecule is O=C(c1cc(F)cc(F)c1)N1CCOc2ccccc21. The lowest BCUT2D eigenvalue weighted by atomic mass is 10.1. The van der Waals surface area contributed by atoms with Gasteiger partial charge in [-0.3, -0.25) is 4.79 Å². The number of para-hydroxylation sites is 2. The molecule has 0 fully saturated rings. The number of carbonyl (C=O) groups excluding carboxylic acids is 1. The fourth-order valence-corrected chi connectivity index (χ4v) is 2.21. The van der Waals surface area contributed by atoms with E-state index in [-0.39, 0.29) is 5.56 Å². The summed E-state index contributed by atoms with van der Waals surface area (Å²) in [4.78, 5) is 13.9. The highest BCUT2D eigenvalue weighted by Crippen LogP contribution is 2.32. The van der Waals surface area contributed by atoms with Crippen LogP contribution in [0.25, 0.3) is 0 Å². The van der Waals surface area contributed by atoms with Crippen molar-refractivity contribution < 1.29 is 18.3 Å². The lowest BCUT2D eigenvalue weighted by Crippen LogP contribution is -2.38. The van der Waals surface area contributed by atoms with Crippen molar-refractivity contribution in [3.05, 3.63) is 59.7 Å². The Kier molecular flexibility index (Phi) is 3.10. The summed E-state index contributed by atoms with van der Waals surface area (Å²) in [6.45, 7) is 0.689.